The maximum Gasteiger partial charge on any atom is 0.490 e. The maximum absolute atomic E-state index is 6.54. The average Bonchev–Trinajstić information content (AvgIpc) is 3.02. The topological polar surface area (TPSA) is 18.5 Å². The largest absolute Gasteiger partial charge is 0.490 e. The van der Waals surface area contributed by atoms with Crippen LogP contribution in [0.2, 0.25) is 6.55 Å². The summed E-state index contributed by atoms with van der Waals surface area (Å²) in [5.74, 6) is 0. The molecule has 164 valence electrons. The molecule has 32 heavy (non-hydrogen) atoms. The molecule has 0 radical (unpaired) electrons. The van der Waals surface area contributed by atoms with Gasteiger partial charge in [-0.2, -0.15) is 0 Å². The fourth-order valence-electron chi connectivity index (χ4n) is 4.65. The fourth-order valence-corrected chi connectivity index (χ4v) is 8.93. The van der Waals surface area contributed by atoms with Gasteiger partial charge in [-0.05, 0) is 61.2 Å². The summed E-state index contributed by atoms with van der Waals surface area (Å²) in [6.07, 6.45) is 0. The van der Waals surface area contributed by atoms with Crippen LogP contribution in [0.1, 0.15) is 40.2 Å². The third kappa shape index (κ3) is 3.92. The summed E-state index contributed by atoms with van der Waals surface area (Å²) < 4.78 is 13.1. The summed E-state index contributed by atoms with van der Waals surface area (Å²) in [5.41, 5.74) is 1.65. The Balaban J connectivity index is 2.00. The molecule has 0 bridgehead atoms. The van der Waals surface area contributed by atoms with Gasteiger partial charge in [0.1, 0.15) is 8.07 Å². The molecular formula is C28H33BO2Si. The first-order chi connectivity index (χ1) is 15.2. The molecule has 1 heterocycles. The molecule has 0 amide bonds. The zero-order valence-electron chi connectivity index (χ0n) is 20.1. The number of allylic oxidation sites excluding steroid dienone is 1. The summed E-state index contributed by atoms with van der Waals surface area (Å²) in [6.45, 7) is 13.1. The molecule has 0 atom stereocenters. The predicted octanol–water partition coefficient (Wildman–Crippen LogP) is 5.52. The minimum atomic E-state index is -2.38. The molecule has 4 rings (SSSR count). The highest BCUT2D eigenvalue weighted by Crippen LogP contribution is 2.41. The lowest BCUT2D eigenvalue weighted by Gasteiger charge is -2.34. The van der Waals surface area contributed by atoms with Gasteiger partial charge >= 0.3 is 7.12 Å². The summed E-state index contributed by atoms with van der Waals surface area (Å²) in [4.78, 5) is 0. The van der Waals surface area contributed by atoms with Gasteiger partial charge in [0, 0.05) is 0 Å². The predicted molar refractivity (Wildman–Crippen MR) is 139 cm³/mol. The van der Waals surface area contributed by atoms with E-state index >= 15 is 0 Å². The molecule has 1 aliphatic heterocycles. The lowest BCUT2D eigenvalue weighted by molar-refractivity contribution is 0.00578. The Morgan fingerprint density at radius 1 is 0.656 bits per heavy atom. The van der Waals surface area contributed by atoms with Gasteiger partial charge < -0.3 is 9.31 Å². The lowest BCUT2D eigenvalue weighted by atomic mass is 9.78. The van der Waals surface area contributed by atoms with Crippen LogP contribution in [0.25, 0.3) is 5.20 Å². The number of rotatable bonds is 5. The highest BCUT2D eigenvalue weighted by atomic mass is 28.3. The van der Waals surface area contributed by atoms with Crippen LogP contribution in [0.4, 0.5) is 0 Å². The SMILES string of the molecule is C/C(B1OC(C)(C)C(C)(C)O1)=C(\c1ccccc1)[Si](C)(c1ccccc1)c1ccccc1. The van der Waals surface area contributed by atoms with Crippen molar-refractivity contribution in [1.82, 2.24) is 0 Å². The van der Waals surface area contributed by atoms with E-state index in [4.69, 9.17) is 9.31 Å². The first-order valence-electron chi connectivity index (χ1n) is 11.4. The van der Waals surface area contributed by atoms with E-state index in [9.17, 15) is 0 Å². The van der Waals surface area contributed by atoms with Gasteiger partial charge in [-0.3, -0.25) is 0 Å². The van der Waals surface area contributed by atoms with Crippen molar-refractivity contribution in [3.63, 3.8) is 0 Å². The monoisotopic (exact) mass is 440 g/mol. The van der Waals surface area contributed by atoms with Crippen molar-refractivity contribution < 1.29 is 9.31 Å². The fraction of sp³-hybridized carbons (Fsp3) is 0.286. The zero-order chi connectivity index (χ0) is 23.0. The van der Waals surface area contributed by atoms with Gasteiger partial charge in [-0.25, -0.2) is 0 Å². The number of benzene rings is 3. The van der Waals surface area contributed by atoms with Crippen LogP contribution in [0.15, 0.2) is 96.5 Å². The van der Waals surface area contributed by atoms with Crippen molar-refractivity contribution in [2.24, 2.45) is 0 Å². The molecule has 0 saturated carbocycles. The maximum atomic E-state index is 6.54. The van der Waals surface area contributed by atoms with Gasteiger partial charge in [0.15, 0.2) is 0 Å². The highest BCUT2D eigenvalue weighted by Gasteiger charge is 2.53. The van der Waals surface area contributed by atoms with E-state index in [-0.39, 0.29) is 18.3 Å². The molecule has 0 aliphatic carbocycles. The molecule has 1 aliphatic rings. The Kier molecular flexibility index (Phi) is 6.06. The Bertz CT molecular complexity index is 1040. The van der Waals surface area contributed by atoms with Crippen LogP contribution in [0, 0.1) is 0 Å². The minimum Gasteiger partial charge on any atom is -0.400 e. The molecule has 3 aromatic carbocycles. The first kappa shape index (κ1) is 22.8. The third-order valence-corrected chi connectivity index (χ3v) is 11.9. The first-order valence-corrected chi connectivity index (χ1v) is 13.9. The van der Waals surface area contributed by atoms with E-state index in [0.29, 0.717) is 0 Å². The summed E-state index contributed by atoms with van der Waals surface area (Å²) >= 11 is 0. The van der Waals surface area contributed by atoms with E-state index in [2.05, 4.69) is 132 Å². The second kappa shape index (κ2) is 8.51. The molecule has 0 aromatic heterocycles. The smallest absolute Gasteiger partial charge is 0.400 e. The number of hydrogen-bond donors (Lipinski definition) is 0. The van der Waals surface area contributed by atoms with Gasteiger partial charge in [0.2, 0.25) is 0 Å². The molecule has 1 saturated heterocycles. The van der Waals surface area contributed by atoms with Gasteiger partial charge in [-0.1, -0.05) is 97.5 Å². The van der Waals surface area contributed by atoms with Crippen molar-refractivity contribution in [2.45, 2.75) is 52.4 Å². The average molecular weight is 440 g/mol. The van der Waals surface area contributed by atoms with Crippen LogP contribution >= 0.6 is 0 Å². The molecule has 2 nitrogen and oxygen atoms in total. The molecule has 4 heteroatoms. The van der Waals surface area contributed by atoms with E-state index in [1.807, 2.05) is 0 Å². The van der Waals surface area contributed by atoms with Crippen LogP contribution < -0.4 is 10.4 Å². The van der Waals surface area contributed by atoms with Crippen molar-refractivity contribution in [3.8, 4) is 0 Å². The highest BCUT2D eigenvalue weighted by molar-refractivity contribution is 7.15. The van der Waals surface area contributed by atoms with Crippen molar-refractivity contribution in [3.05, 3.63) is 102 Å². The quantitative estimate of drug-likeness (QED) is 0.486. The Morgan fingerprint density at radius 3 is 1.44 bits per heavy atom. The van der Waals surface area contributed by atoms with Crippen LogP contribution in [-0.4, -0.2) is 26.4 Å². The van der Waals surface area contributed by atoms with E-state index in [1.165, 1.54) is 21.1 Å². The van der Waals surface area contributed by atoms with Crippen LogP contribution in [-0.2, 0) is 9.31 Å². The van der Waals surface area contributed by atoms with Crippen molar-refractivity contribution in [2.75, 3.05) is 0 Å². The Hall–Kier alpha value is -2.40. The third-order valence-electron chi connectivity index (χ3n) is 7.27. The molecular weight excluding hydrogens is 407 g/mol. The summed E-state index contributed by atoms with van der Waals surface area (Å²) in [6, 6.07) is 32.7. The second-order valence-corrected chi connectivity index (χ2v) is 13.8. The van der Waals surface area contributed by atoms with Gasteiger partial charge in [0.05, 0.1) is 11.2 Å². The van der Waals surface area contributed by atoms with Gasteiger partial charge in [0.25, 0.3) is 0 Å². The van der Waals surface area contributed by atoms with E-state index < -0.39 is 8.07 Å². The van der Waals surface area contributed by atoms with Gasteiger partial charge in [-0.15, -0.1) is 0 Å². The number of hydrogen-bond acceptors (Lipinski definition) is 2. The second-order valence-electron chi connectivity index (χ2n) is 9.87. The molecule has 0 unspecified atom stereocenters. The Labute approximate surface area is 194 Å². The standard InChI is InChI=1S/C28H33BO2Si/c1-22(29-30-27(2,3)28(4,5)31-29)26(23-16-10-7-11-17-23)32(6,24-18-12-8-13-19-24)25-20-14-9-15-21-25/h7-21H,1-6H3/b26-22-. The molecule has 3 aromatic rings. The van der Waals surface area contributed by atoms with Crippen molar-refractivity contribution >= 4 is 30.8 Å². The lowest BCUT2D eigenvalue weighted by Crippen LogP contribution is -2.57. The summed E-state index contributed by atoms with van der Waals surface area (Å²) in [7, 11) is -2.76. The van der Waals surface area contributed by atoms with E-state index in [0.717, 1.165) is 5.47 Å². The van der Waals surface area contributed by atoms with E-state index in [1.54, 1.807) is 0 Å². The molecule has 0 spiro atoms. The summed E-state index contributed by atoms with van der Waals surface area (Å²) in [5, 5.41) is 4.11. The Morgan fingerprint density at radius 2 is 1.03 bits per heavy atom. The van der Waals surface area contributed by atoms with Crippen LogP contribution in [0.5, 0.6) is 0 Å². The van der Waals surface area contributed by atoms with Crippen LogP contribution in [0.3, 0.4) is 0 Å². The molecule has 1 fully saturated rings. The minimum absolute atomic E-state index is 0.377. The zero-order valence-corrected chi connectivity index (χ0v) is 21.1. The van der Waals surface area contributed by atoms with Crippen molar-refractivity contribution in [1.29, 1.82) is 0 Å². The normalized spacial score (nSPS) is 18.4. The molecule has 0 N–H and O–H groups in total.